The molecule has 4 heteroatoms. The van der Waals surface area contributed by atoms with Crippen molar-refractivity contribution in [2.45, 2.75) is 13.3 Å². The fourth-order valence-electron chi connectivity index (χ4n) is 1.03. The van der Waals surface area contributed by atoms with E-state index in [0.29, 0.717) is 6.42 Å². The van der Waals surface area contributed by atoms with Gasteiger partial charge in [-0.2, -0.15) is 5.10 Å². The maximum Gasteiger partial charge on any atom is 0.220 e. The first-order valence-electron chi connectivity index (χ1n) is 3.86. The molecule has 1 atom stereocenters. The average Bonchev–Trinajstić information content (AvgIpc) is 2.35. The van der Waals surface area contributed by atoms with Crippen LogP contribution in [0.2, 0.25) is 0 Å². The van der Waals surface area contributed by atoms with Crippen LogP contribution in [0.15, 0.2) is 12.4 Å². The van der Waals surface area contributed by atoms with E-state index >= 15 is 0 Å². The molecule has 0 saturated heterocycles. The number of primary amides is 1. The number of rotatable bonds is 3. The third-order valence-corrected chi connectivity index (χ3v) is 1.79. The van der Waals surface area contributed by atoms with Crippen molar-refractivity contribution in [3.8, 4) is 0 Å². The smallest absolute Gasteiger partial charge is 0.220 e. The molecule has 1 aromatic rings. The van der Waals surface area contributed by atoms with Gasteiger partial charge in [-0.05, 0) is 12.0 Å². The number of hydrogen-bond acceptors (Lipinski definition) is 2. The van der Waals surface area contributed by atoms with Gasteiger partial charge in [0.25, 0.3) is 0 Å². The molecule has 0 fully saturated rings. The van der Waals surface area contributed by atoms with Crippen molar-refractivity contribution in [3.05, 3.63) is 18.0 Å². The Morgan fingerprint density at radius 1 is 1.83 bits per heavy atom. The van der Waals surface area contributed by atoms with Crippen molar-refractivity contribution in [2.75, 3.05) is 0 Å². The Hall–Kier alpha value is -1.32. The van der Waals surface area contributed by atoms with Gasteiger partial charge in [0.1, 0.15) is 0 Å². The number of carbonyl (C=O) groups excluding carboxylic acids is 1. The lowest BCUT2D eigenvalue weighted by atomic mass is 10.0. The molecule has 0 saturated carbocycles. The maximum atomic E-state index is 10.7. The molecule has 0 bridgehead atoms. The third kappa shape index (κ3) is 2.08. The Labute approximate surface area is 71.4 Å². The zero-order valence-electron chi connectivity index (χ0n) is 7.32. The van der Waals surface area contributed by atoms with Crippen LogP contribution in [0.5, 0.6) is 0 Å². The van der Waals surface area contributed by atoms with Crippen molar-refractivity contribution in [1.29, 1.82) is 0 Å². The highest BCUT2D eigenvalue weighted by Crippen LogP contribution is 2.05. The van der Waals surface area contributed by atoms with E-state index in [2.05, 4.69) is 5.10 Å². The lowest BCUT2D eigenvalue weighted by Gasteiger charge is -2.02. The van der Waals surface area contributed by atoms with Gasteiger partial charge in [0.2, 0.25) is 5.91 Å². The molecule has 1 rings (SSSR count). The van der Waals surface area contributed by atoms with E-state index in [-0.39, 0.29) is 11.8 Å². The van der Waals surface area contributed by atoms with E-state index < -0.39 is 0 Å². The maximum absolute atomic E-state index is 10.7. The summed E-state index contributed by atoms with van der Waals surface area (Å²) in [6.45, 7) is 1.81. The van der Waals surface area contributed by atoms with Gasteiger partial charge in [-0.3, -0.25) is 9.48 Å². The molecule has 12 heavy (non-hydrogen) atoms. The summed E-state index contributed by atoms with van der Waals surface area (Å²) in [5.41, 5.74) is 6.17. The minimum atomic E-state index is -0.265. The lowest BCUT2D eigenvalue weighted by molar-refractivity contribution is -0.121. The molecule has 1 amide bonds. The highest BCUT2D eigenvalue weighted by molar-refractivity contribution is 5.76. The summed E-state index contributed by atoms with van der Waals surface area (Å²) in [7, 11) is 1.85. The third-order valence-electron chi connectivity index (χ3n) is 1.79. The van der Waals surface area contributed by atoms with Gasteiger partial charge in [-0.25, -0.2) is 0 Å². The summed E-state index contributed by atoms with van der Waals surface area (Å²) >= 11 is 0. The summed E-state index contributed by atoms with van der Waals surface area (Å²) in [5, 5.41) is 3.99. The first-order chi connectivity index (χ1) is 5.59. The van der Waals surface area contributed by atoms with Crippen LogP contribution in [0.25, 0.3) is 0 Å². The van der Waals surface area contributed by atoms with Gasteiger partial charge in [0.05, 0.1) is 6.20 Å². The molecule has 1 unspecified atom stereocenters. The van der Waals surface area contributed by atoms with E-state index in [4.69, 9.17) is 5.73 Å². The molecule has 0 spiro atoms. The van der Waals surface area contributed by atoms with E-state index in [9.17, 15) is 4.79 Å². The molecular weight excluding hydrogens is 154 g/mol. The summed E-state index contributed by atoms with van der Waals surface area (Å²) in [6, 6.07) is 0. The minimum Gasteiger partial charge on any atom is -0.369 e. The normalized spacial score (nSPS) is 12.8. The van der Waals surface area contributed by atoms with Gasteiger partial charge >= 0.3 is 0 Å². The standard InChI is InChI=1S/C8H13N3O/c1-6(8(9)12)3-7-4-10-11(2)5-7/h4-6H,3H2,1-2H3,(H2,9,12). The van der Waals surface area contributed by atoms with E-state index in [1.54, 1.807) is 10.9 Å². The molecule has 0 aliphatic heterocycles. The van der Waals surface area contributed by atoms with Crippen LogP contribution < -0.4 is 5.73 Å². The first kappa shape index (κ1) is 8.77. The molecule has 0 aliphatic rings. The van der Waals surface area contributed by atoms with Crippen LogP contribution in [0.4, 0.5) is 0 Å². The second-order valence-corrected chi connectivity index (χ2v) is 3.03. The molecule has 1 aromatic heterocycles. The largest absolute Gasteiger partial charge is 0.369 e. The first-order valence-corrected chi connectivity index (χ1v) is 3.86. The van der Waals surface area contributed by atoms with E-state index in [1.165, 1.54) is 0 Å². The zero-order valence-corrected chi connectivity index (χ0v) is 7.32. The van der Waals surface area contributed by atoms with Crippen molar-refractivity contribution in [3.63, 3.8) is 0 Å². The second-order valence-electron chi connectivity index (χ2n) is 3.03. The molecular formula is C8H13N3O. The highest BCUT2D eigenvalue weighted by Gasteiger charge is 2.09. The van der Waals surface area contributed by atoms with E-state index in [0.717, 1.165) is 5.56 Å². The average molecular weight is 167 g/mol. The number of aryl methyl sites for hydroxylation is 1. The topological polar surface area (TPSA) is 60.9 Å². The molecule has 0 aliphatic carbocycles. The number of carbonyl (C=O) groups is 1. The Morgan fingerprint density at radius 2 is 2.50 bits per heavy atom. The van der Waals surface area contributed by atoms with Gasteiger partial charge in [-0.15, -0.1) is 0 Å². The Balaban J connectivity index is 2.58. The summed E-state index contributed by atoms with van der Waals surface area (Å²) in [5.74, 6) is -0.381. The highest BCUT2D eigenvalue weighted by atomic mass is 16.1. The van der Waals surface area contributed by atoms with Crippen LogP contribution in [-0.4, -0.2) is 15.7 Å². The van der Waals surface area contributed by atoms with Crippen LogP contribution >= 0.6 is 0 Å². The summed E-state index contributed by atoms with van der Waals surface area (Å²) < 4.78 is 1.71. The van der Waals surface area contributed by atoms with E-state index in [1.807, 2.05) is 20.2 Å². The van der Waals surface area contributed by atoms with Gasteiger partial charge in [0, 0.05) is 19.2 Å². The van der Waals surface area contributed by atoms with Crippen molar-refractivity contribution < 1.29 is 4.79 Å². The van der Waals surface area contributed by atoms with Gasteiger partial charge in [-0.1, -0.05) is 6.92 Å². The monoisotopic (exact) mass is 167 g/mol. The van der Waals surface area contributed by atoms with Crippen LogP contribution in [-0.2, 0) is 18.3 Å². The van der Waals surface area contributed by atoms with Crippen molar-refractivity contribution in [2.24, 2.45) is 18.7 Å². The second kappa shape index (κ2) is 3.38. The molecule has 0 radical (unpaired) electrons. The summed E-state index contributed by atoms with van der Waals surface area (Å²) in [4.78, 5) is 10.7. The van der Waals surface area contributed by atoms with Crippen molar-refractivity contribution >= 4 is 5.91 Å². The SMILES string of the molecule is CC(Cc1cnn(C)c1)C(N)=O. The minimum absolute atomic E-state index is 0.116. The molecule has 1 heterocycles. The lowest BCUT2D eigenvalue weighted by Crippen LogP contribution is -2.22. The van der Waals surface area contributed by atoms with Gasteiger partial charge < -0.3 is 5.73 Å². The fourth-order valence-corrected chi connectivity index (χ4v) is 1.03. The predicted octanol–water partition coefficient (Wildman–Crippen LogP) is 0.0840. The van der Waals surface area contributed by atoms with Crippen LogP contribution in [0, 0.1) is 5.92 Å². The number of aromatic nitrogens is 2. The van der Waals surface area contributed by atoms with Gasteiger partial charge in [0.15, 0.2) is 0 Å². The number of hydrogen-bond donors (Lipinski definition) is 1. The number of amides is 1. The Bertz CT molecular complexity index is 280. The quantitative estimate of drug-likeness (QED) is 0.693. The predicted molar refractivity (Wildman–Crippen MR) is 45.3 cm³/mol. The number of nitrogens with two attached hydrogens (primary N) is 1. The molecule has 0 aromatic carbocycles. The van der Waals surface area contributed by atoms with Crippen molar-refractivity contribution in [1.82, 2.24) is 9.78 Å². The Kier molecular flexibility index (Phi) is 2.47. The summed E-state index contributed by atoms with van der Waals surface area (Å²) in [6.07, 6.45) is 4.31. The van der Waals surface area contributed by atoms with Crippen LogP contribution in [0.3, 0.4) is 0 Å². The molecule has 4 nitrogen and oxygen atoms in total. The Morgan fingerprint density at radius 3 is 2.92 bits per heavy atom. The number of nitrogens with zero attached hydrogens (tertiary/aromatic N) is 2. The van der Waals surface area contributed by atoms with Crippen LogP contribution in [0.1, 0.15) is 12.5 Å². The fraction of sp³-hybridized carbons (Fsp3) is 0.500. The zero-order chi connectivity index (χ0) is 9.14. The molecule has 2 N–H and O–H groups in total. The molecule has 66 valence electrons.